The van der Waals surface area contributed by atoms with Crippen LogP contribution in [0, 0.1) is 5.92 Å². The average molecular weight is 216 g/mol. The molecular weight excluding hydrogens is 196 g/mol. The molecule has 0 unspecified atom stereocenters. The zero-order chi connectivity index (χ0) is 11.8. The van der Waals surface area contributed by atoms with Gasteiger partial charge in [-0.15, -0.1) is 0 Å². The number of nitrogens with two attached hydrogens (primary N) is 1. The summed E-state index contributed by atoms with van der Waals surface area (Å²) in [5, 5.41) is 2.54. The maximum atomic E-state index is 11.5. The van der Waals surface area contributed by atoms with E-state index in [2.05, 4.69) is 5.32 Å². The summed E-state index contributed by atoms with van der Waals surface area (Å²) in [5.74, 6) is -0.431. The number of amides is 1. The molecule has 0 fully saturated rings. The van der Waals surface area contributed by atoms with Crippen LogP contribution >= 0.6 is 0 Å². The van der Waals surface area contributed by atoms with Crippen LogP contribution in [0.15, 0.2) is 0 Å². The van der Waals surface area contributed by atoms with E-state index in [1.54, 1.807) is 6.92 Å². The highest BCUT2D eigenvalue weighted by Gasteiger charge is 2.22. The molecular formula is C10H20N2O3. The summed E-state index contributed by atoms with van der Waals surface area (Å²) in [6, 6.07) is -0.582. The van der Waals surface area contributed by atoms with E-state index in [0.717, 1.165) is 0 Å². The highest BCUT2D eigenvalue weighted by molar-refractivity contribution is 5.85. The number of hydrogen-bond donors (Lipinski definition) is 2. The normalized spacial score (nSPS) is 12.3. The Bertz CT molecular complexity index is 217. The Kier molecular flexibility index (Phi) is 6.70. The van der Waals surface area contributed by atoms with Gasteiger partial charge in [-0.25, -0.2) is 4.79 Å². The molecule has 0 aromatic heterocycles. The van der Waals surface area contributed by atoms with Gasteiger partial charge in [-0.05, 0) is 19.3 Å². The summed E-state index contributed by atoms with van der Waals surface area (Å²) < 4.78 is 4.86. The van der Waals surface area contributed by atoms with Gasteiger partial charge >= 0.3 is 5.97 Å². The van der Waals surface area contributed by atoms with Gasteiger partial charge in [0.15, 0.2) is 0 Å². The topological polar surface area (TPSA) is 81.4 Å². The molecule has 0 aromatic rings. The predicted molar refractivity (Wildman–Crippen MR) is 57.1 cm³/mol. The highest BCUT2D eigenvalue weighted by atomic mass is 16.5. The first-order valence-corrected chi connectivity index (χ1v) is 5.17. The zero-order valence-corrected chi connectivity index (χ0v) is 9.58. The van der Waals surface area contributed by atoms with Gasteiger partial charge in [-0.2, -0.15) is 0 Å². The Balaban J connectivity index is 4.29. The van der Waals surface area contributed by atoms with Crippen molar-refractivity contribution in [1.82, 2.24) is 5.32 Å². The second-order valence-electron chi connectivity index (χ2n) is 3.71. The molecule has 0 rings (SSSR count). The molecule has 0 spiro atoms. The Morgan fingerprint density at radius 1 is 1.40 bits per heavy atom. The Morgan fingerprint density at radius 3 is 2.40 bits per heavy atom. The van der Waals surface area contributed by atoms with Crippen LogP contribution in [-0.2, 0) is 14.3 Å². The average Bonchev–Trinajstić information content (AvgIpc) is 2.16. The standard InChI is InChI=1S/C10H20N2O3/c1-4-15-10(14)8(5-7(2)3)12-9(13)6-11/h7-8H,4-6,11H2,1-3H3,(H,12,13)/t8-/m0/s1. The van der Waals surface area contributed by atoms with Crippen molar-refractivity contribution in [3.63, 3.8) is 0 Å². The fraction of sp³-hybridized carbons (Fsp3) is 0.800. The minimum Gasteiger partial charge on any atom is -0.464 e. The van der Waals surface area contributed by atoms with Crippen molar-refractivity contribution in [3.8, 4) is 0 Å². The number of ether oxygens (including phenoxy) is 1. The molecule has 0 saturated carbocycles. The van der Waals surface area contributed by atoms with Crippen LogP contribution in [0.2, 0.25) is 0 Å². The number of carbonyl (C=O) groups is 2. The summed E-state index contributed by atoms with van der Waals surface area (Å²) in [4.78, 5) is 22.5. The molecule has 15 heavy (non-hydrogen) atoms. The van der Waals surface area contributed by atoms with Gasteiger partial charge in [0.05, 0.1) is 13.2 Å². The molecule has 5 nitrogen and oxygen atoms in total. The molecule has 1 atom stereocenters. The van der Waals surface area contributed by atoms with Crippen LogP contribution in [0.3, 0.4) is 0 Å². The molecule has 0 radical (unpaired) electrons. The fourth-order valence-corrected chi connectivity index (χ4v) is 1.18. The molecule has 0 heterocycles. The van der Waals surface area contributed by atoms with Gasteiger partial charge < -0.3 is 15.8 Å². The lowest BCUT2D eigenvalue weighted by Gasteiger charge is -2.18. The smallest absolute Gasteiger partial charge is 0.328 e. The van der Waals surface area contributed by atoms with E-state index in [4.69, 9.17) is 10.5 Å². The Morgan fingerprint density at radius 2 is 2.00 bits per heavy atom. The lowest BCUT2D eigenvalue weighted by Crippen LogP contribution is -2.45. The van der Waals surface area contributed by atoms with Crippen LogP contribution in [0.1, 0.15) is 27.2 Å². The molecule has 0 aromatic carbocycles. The zero-order valence-electron chi connectivity index (χ0n) is 9.58. The van der Waals surface area contributed by atoms with Crippen molar-refractivity contribution < 1.29 is 14.3 Å². The summed E-state index contributed by atoms with van der Waals surface area (Å²) in [5.41, 5.74) is 5.16. The van der Waals surface area contributed by atoms with Crippen LogP contribution in [0.4, 0.5) is 0 Å². The van der Waals surface area contributed by atoms with E-state index >= 15 is 0 Å². The van der Waals surface area contributed by atoms with Crippen molar-refractivity contribution in [2.75, 3.05) is 13.2 Å². The Hall–Kier alpha value is -1.10. The van der Waals surface area contributed by atoms with E-state index in [-0.39, 0.29) is 12.5 Å². The SMILES string of the molecule is CCOC(=O)[C@H](CC(C)C)NC(=O)CN. The predicted octanol–water partition coefficient (Wildman–Crippen LogP) is 0.0391. The van der Waals surface area contributed by atoms with E-state index in [1.165, 1.54) is 0 Å². The summed E-state index contributed by atoms with van der Waals surface area (Å²) in [6.45, 7) is 5.87. The van der Waals surface area contributed by atoms with Crippen LogP contribution < -0.4 is 11.1 Å². The van der Waals surface area contributed by atoms with E-state index in [1.807, 2.05) is 13.8 Å². The second-order valence-corrected chi connectivity index (χ2v) is 3.71. The number of esters is 1. The lowest BCUT2D eigenvalue weighted by molar-refractivity contribution is -0.147. The third-order valence-electron chi connectivity index (χ3n) is 1.80. The fourth-order valence-electron chi connectivity index (χ4n) is 1.18. The first-order chi connectivity index (χ1) is 7.01. The van der Waals surface area contributed by atoms with Crippen LogP contribution in [0.5, 0.6) is 0 Å². The molecule has 5 heteroatoms. The number of nitrogens with one attached hydrogen (secondary N) is 1. The third kappa shape index (κ3) is 6.06. The first kappa shape index (κ1) is 13.9. The largest absolute Gasteiger partial charge is 0.464 e. The number of hydrogen-bond acceptors (Lipinski definition) is 4. The van der Waals surface area contributed by atoms with Crippen LogP contribution in [0.25, 0.3) is 0 Å². The molecule has 0 aliphatic heterocycles. The summed E-state index contributed by atoms with van der Waals surface area (Å²) >= 11 is 0. The van der Waals surface area contributed by atoms with Crippen molar-refractivity contribution in [2.24, 2.45) is 11.7 Å². The number of carbonyl (C=O) groups excluding carboxylic acids is 2. The molecule has 0 saturated heterocycles. The minimum atomic E-state index is -0.582. The Labute approximate surface area is 90.4 Å². The maximum Gasteiger partial charge on any atom is 0.328 e. The van der Waals surface area contributed by atoms with Gasteiger partial charge in [0.25, 0.3) is 0 Å². The van der Waals surface area contributed by atoms with Gasteiger partial charge in [0.1, 0.15) is 6.04 Å². The summed E-state index contributed by atoms with van der Waals surface area (Å²) in [6.07, 6.45) is 0.560. The van der Waals surface area contributed by atoms with Gasteiger partial charge in [-0.3, -0.25) is 4.79 Å². The quantitative estimate of drug-likeness (QED) is 0.614. The summed E-state index contributed by atoms with van der Waals surface area (Å²) in [7, 11) is 0. The molecule has 1 amide bonds. The molecule has 88 valence electrons. The van der Waals surface area contributed by atoms with Crippen molar-refractivity contribution >= 4 is 11.9 Å². The van der Waals surface area contributed by atoms with Gasteiger partial charge in [-0.1, -0.05) is 13.8 Å². The van der Waals surface area contributed by atoms with Crippen molar-refractivity contribution in [3.05, 3.63) is 0 Å². The lowest BCUT2D eigenvalue weighted by atomic mass is 10.0. The third-order valence-corrected chi connectivity index (χ3v) is 1.80. The second kappa shape index (κ2) is 7.23. The first-order valence-electron chi connectivity index (χ1n) is 5.17. The monoisotopic (exact) mass is 216 g/mol. The van der Waals surface area contributed by atoms with E-state index in [9.17, 15) is 9.59 Å². The maximum absolute atomic E-state index is 11.5. The van der Waals surface area contributed by atoms with Crippen LogP contribution in [-0.4, -0.2) is 31.1 Å². The molecule has 0 aliphatic rings. The van der Waals surface area contributed by atoms with E-state index < -0.39 is 12.0 Å². The molecule has 0 aliphatic carbocycles. The van der Waals surface area contributed by atoms with Crippen molar-refractivity contribution in [2.45, 2.75) is 33.2 Å². The molecule has 0 bridgehead atoms. The van der Waals surface area contributed by atoms with Gasteiger partial charge in [0.2, 0.25) is 5.91 Å². The van der Waals surface area contributed by atoms with Gasteiger partial charge in [0, 0.05) is 0 Å². The molecule has 3 N–H and O–H groups in total. The van der Waals surface area contributed by atoms with E-state index in [0.29, 0.717) is 18.9 Å². The van der Waals surface area contributed by atoms with Crippen molar-refractivity contribution in [1.29, 1.82) is 0 Å². The number of rotatable bonds is 6. The minimum absolute atomic E-state index is 0.117. The highest BCUT2D eigenvalue weighted by Crippen LogP contribution is 2.06.